The van der Waals surface area contributed by atoms with E-state index in [-0.39, 0.29) is 18.1 Å². The zero-order valence-electron chi connectivity index (χ0n) is 11.3. The third-order valence-electron chi connectivity index (χ3n) is 2.79. The third kappa shape index (κ3) is 3.15. The first-order valence-corrected chi connectivity index (χ1v) is 6.23. The number of rotatable bonds is 4. The topological polar surface area (TPSA) is 82.8 Å². The van der Waals surface area contributed by atoms with Gasteiger partial charge in [-0.2, -0.15) is 23.3 Å². The number of aryl methyl sites for hydroxylation is 1. The van der Waals surface area contributed by atoms with Gasteiger partial charge in [-0.15, -0.1) is 0 Å². The molecule has 0 amide bonds. The van der Waals surface area contributed by atoms with E-state index < -0.39 is 12.7 Å². The normalized spacial score (nSPS) is 12.0. The van der Waals surface area contributed by atoms with E-state index in [0.29, 0.717) is 17.1 Å². The minimum Gasteiger partial charge on any atom is -0.440 e. The van der Waals surface area contributed by atoms with Crippen LogP contribution in [0.25, 0.3) is 11.6 Å². The van der Waals surface area contributed by atoms with Gasteiger partial charge in [0.05, 0.1) is 17.8 Å². The second kappa shape index (κ2) is 5.28. The van der Waals surface area contributed by atoms with E-state index in [2.05, 4.69) is 20.2 Å². The fourth-order valence-corrected chi connectivity index (χ4v) is 1.86. The fraction of sp³-hybridized carbons (Fsp3) is 0.333. The van der Waals surface area contributed by atoms with Gasteiger partial charge in [-0.3, -0.25) is 4.68 Å². The minimum absolute atomic E-state index is 0.130. The van der Waals surface area contributed by atoms with Crippen LogP contribution >= 0.6 is 0 Å². The Bertz CT molecular complexity index is 774. The largest absolute Gasteiger partial charge is 0.440 e. The molecule has 0 aliphatic heterocycles. The molecule has 10 heteroatoms. The maximum absolute atomic E-state index is 12.3. The number of hydrogen-bond acceptors (Lipinski definition) is 6. The first kappa shape index (κ1) is 14.3. The van der Waals surface area contributed by atoms with Gasteiger partial charge in [0, 0.05) is 6.20 Å². The Morgan fingerprint density at radius 3 is 2.82 bits per heavy atom. The molecule has 116 valence electrons. The Labute approximate surface area is 121 Å². The van der Waals surface area contributed by atoms with Crippen molar-refractivity contribution in [3.63, 3.8) is 0 Å². The van der Waals surface area contributed by atoms with Gasteiger partial charge in [0.15, 0.2) is 12.2 Å². The van der Waals surface area contributed by atoms with Crippen molar-refractivity contribution < 1.29 is 22.1 Å². The van der Waals surface area contributed by atoms with E-state index in [0.717, 1.165) is 4.68 Å². The van der Waals surface area contributed by atoms with Gasteiger partial charge in [0.1, 0.15) is 6.54 Å². The van der Waals surface area contributed by atoms with E-state index >= 15 is 0 Å². The van der Waals surface area contributed by atoms with E-state index in [4.69, 9.17) is 8.94 Å². The second-order valence-corrected chi connectivity index (χ2v) is 4.58. The Balaban J connectivity index is 1.72. The van der Waals surface area contributed by atoms with Gasteiger partial charge in [-0.25, -0.2) is 4.98 Å². The van der Waals surface area contributed by atoms with Crippen molar-refractivity contribution in [3.8, 4) is 11.6 Å². The molecule has 0 radical (unpaired) electrons. The number of nitrogens with zero attached hydrogens (tertiary/aromatic N) is 5. The van der Waals surface area contributed by atoms with Gasteiger partial charge in [-0.05, 0) is 13.0 Å². The van der Waals surface area contributed by atoms with Crippen molar-refractivity contribution in [1.29, 1.82) is 0 Å². The molecule has 3 aromatic heterocycles. The number of alkyl halides is 3. The van der Waals surface area contributed by atoms with E-state index in [9.17, 15) is 13.2 Å². The molecule has 0 unspecified atom stereocenters. The molecule has 0 aliphatic rings. The van der Waals surface area contributed by atoms with E-state index in [1.165, 1.54) is 18.7 Å². The first-order chi connectivity index (χ1) is 10.4. The molecular weight excluding hydrogens is 303 g/mol. The smallest absolute Gasteiger partial charge is 0.408 e. The molecule has 0 saturated heterocycles. The summed E-state index contributed by atoms with van der Waals surface area (Å²) in [5.41, 5.74) is 1.01. The summed E-state index contributed by atoms with van der Waals surface area (Å²) >= 11 is 0. The summed E-state index contributed by atoms with van der Waals surface area (Å²) in [6, 6.07) is 1.47. The standard InChI is InChI=1S/C12H10F3N5O2/c1-7-10(21-6-16-7)11-17-9(22-19-11)4-8-2-3-20(18-8)5-12(13,14)15/h2-3,6H,4-5H2,1H3. The lowest BCUT2D eigenvalue weighted by molar-refractivity contribution is -0.142. The van der Waals surface area contributed by atoms with Crippen LogP contribution in [0.2, 0.25) is 0 Å². The highest BCUT2D eigenvalue weighted by molar-refractivity contribution is 5.48. The van der Waals surface area contributed by atoms with Crippen LogP contribution in [0.5, 0.6) is 0 Å². The van der Waals surface area contributed by atoms with Crippen molar-refractivity contribution in [2.45, 2.75) is 26.1 Å². The third-order valence-corrected chi connectivity index (χ3v) is 2.79. The van der Waals surface area contributed by atoms with Crippen LogP contribution in [0.4, 0.5) is 13.2 Å². The van der Waals surface area contributed by atoms with Crippen molar-refractivity contribution in [2.75, 3.05) is 0 Å². The minimum atomic E-state index is -4.31. The molecule has 0 aromatic carbocycles. The molecule has 0 N–H and O–H groups in total. The summed E-state index contributed by atoms with van der Waals surface area (Å²) in [4.78, 5) is 8.02. The predicted molar refractivity (Wildman–Crippen MR) is 65.6 cm³/mol. The van der Waals surface area contributed by atoms with Gasteiger partial charge in [-0.1, -0.05) is 5.16 Å². The molecule has 0 spiro atoms. The monoisotopic (exact) mass is 313 g/mol. The molecule has 3 rings (SSSR count). The summed E-state index contributed by atoms with van der Waals surface area (Å²) in [7, 11) is 0. The van der Waals surface area contributed by atoms with Gasteiger partial charge >= 0.3 is 6.18 Å². The van der Waals surface area contributed by atoms with Crippen LogP contribution in [0, 0.1) is 6.92 Å². The number of oxazole rings is 1. The molecule has 22 heavy (non-hydrogen) atoms. The van der Waals surface area contributed by atoms with Crippen LogP contribution < -0.4 is 0 Å². The lowest BCUT2D eigenvalue weighted by Crippen LogP contribution is -2.18. The summed E-state index contributed by atoms with van der Waals surface area (Å²) in [6.07, 6.45) is -1.67. The lowest BCUT2D eigenvalue weighted by Gasteiger charge is -2.05. The fourth-order valence-electron chi connectivity index (χ4n) is 1.86. The van der Waals surface area contributed by atoms with Gasteiger partial charge in [0.2, 0.25) is 11.7 Å². The van der Waals surface area contributed by atoms with Crippen LogP contribution in [0.15, 0.2) is 27.6 Å². The number of hydrogen-bond donors (Lipinski definition) is 0. The quantitative estimate of drug-likeness (QED) is 0.735. The molecule has 0 saturated carbocycles. The molecule has 3 heterocycles. The summed E-state index contributed by atoms with van der Waals surface area (Å²) < 4.78 is 47.8. The van der Waals surface area contributed by atoms with Crippen molar-refractivity contribution in [2.24, 2.45) is 0 Å². The SMILES string of the molecule is Cc1ncoc1-c1noc(Cc2ccn(CC(F)(F)F)n2)n1. The van der Waals surface area contributed by atoms with Crippen LogP contribution in [0.1, 0.15) is 17.3 Å². The van der Waals surface area contributed by atoms with Crippen LogP contribution in [-0.4, -0.2) is 31.1 Å². The Kier molecular flexibility index (Phi) is 3.43. The zero-order valence-corrected chi connectivity index (χ0v) is 11.3. The lowest BCUT2D eigenvalue weighted by atomic mass is 10.3. The second-order valence-electron chi connectivity index (χ2n) is 4.58. The van der Waals surface area contributed by atoms with Gasteiger partial charge in [0.25, 0.3) is 0 Å². The molecule has 3 aromatic rings. The highest BCUT2D eigenvalue weighted by Crippen LogP contribution is 2.20. The van der Waals surface area contributed by atoms with Crippen molar-refractivity contribution in [3.05, 3.63) is 35.9 Å². The molecular formula is C12H10F3N5O2. The highest BCUT2D eigenvalue weighted by atomic mass is 19.4. The Morgan fingerprint density at radius 1 is 1.32 bits per heavy atom. The average molecular weight is 313 g/mol. The van der Waals surface area contributed by atoms with Crippen LogP contribution in [-0.2, 0) is 13.0 Å². The molecule has 0 fully saturated rings. The predicted octanol–water partition coefficient (Wildman–Crippen LogP) is 2.38. The zero-order chi connectivity index (χ0) is 15.7. The summed E-state index contributed by atoms with van der Waals surface area (Å²) in [5.74, 6) is 0.848. The average Bonchev–Trinajstić information content (AvgIpc) is 3.10. The molecule has 7 nitrogen and oxygen atoms in total. The van der Waals surface area contributed by atoms with Crippen LogP contribution in [0.3, 0.4) is 0 Å². The van der Waals surface area contributed by atoms with E-state index in [1.54, 1.807) is 6.92 Å². The Hall–Kier alpha value is -2.65. The maximum Gasteiger partial charge on any atom is 0.408 e. The maximum atomic E-state index is 12.3. The summed E-state index contributed by atoms with van der Waals surface area (Å²) in [5, 5.41) is 7.56. The van der Waals surface area contributed by atoms with E-state index in [1.807, 2.05) is 0 Å². The summed E-state index contributed by atoms with van der Waals surface area (Å²) in [6.45, 7) is 0.590. The Morgan fingerprint density at radius 2 is 2.14 bits per heavy atom. The number of halogens is 3. The van der Waals surface area contributed by atoms with Gasteiger partial charge < -0.3 is 8.94 Å². The van der Waals surface area contributed by atoms with Crippen molar-refractivity contribution in [1.82, 2.24) is 24.9 Å². The first-order valence-electron chi connectivity index (χ1n) is 6.23. The van der Waals surface area contributed by atoms with Crippen molar-refractivity contribution >= 4 is 0 Å². The molecule has 0 bridgehead atoms. The molecule has 0 atom stereocenters. The highest BCUT2D eigenvalue weighted by Gasteiger charge is 2.28. The number of aromatic nitrogens is 5. The molecule has 0 aliphatic carbocycles.